The van der Waals surface area contributed by atoms with Gasteiger partial charge in [0.25, 0.3) is 5.91 Å². The average molecular weight is 483 g/mol. The van der Waals surface area contributed by atoms with Gasteiger partial charge < -0.3 is 14.5 Å². The third kappa shape index (κ3) is 4.85. The quantitative estimate of drug-likeness (QED) is 0.429. The summed E-state index contributed by atoms with van der Waals surface area (Å²) in [7, 11) is 0. The van der Waals surface area contributed by atoms with Crippen LogP contribution in [0.15, 0.2) is 72.8 Å². The van der Waals surface area contributed by atoms with E-state index < -0.39 is 0 Å². The monoisotopic (exact) mass is 482 g/mol. The molecule has 5 nitrogen and oxygen atoms in total. The molecule has 0 spiro atoms. The van der Waals surface area contributed by atoms with Gasteiger partial charge in [0.05, 0.1) is 11.1 Å². The molecule has 0 saturated carbocycles. The highest BCUT2D eigenvalue weighted by Gasteiger charge is 2.37. The van der Waals surface area contributed by atoms with E-state index in [1.807, 2.05) is 61.5 Å². The largest absolute Gasteiger partial charge is 0.482 e. The predicted molar refractivity (Wildman–Crippen MR) is 132 cm³/mol. The highest BCUT2D eigenvalue weighted by atomic mass is 35.5. The van der Waals surface area contributed by atoms with E-state index in [9.17, 15) is 9.59 Å². The topological polar surface area (TPSA) is 49.9 Å². The van der Waals surface area contributed by atoms with E-state index >= 15 is 0 Å². The predicted octanol–water partition coefficient (Wildman–Crippen LogP) is 6.29. The van der Waals surface area contributed by atoms with Crippen molar-refractivity contribution in [2.24, 2.45) is 0 Å². The van der Waals surface area contributed by atoms with Crippen LogP contribution in [-0.4, -0.2) is 24.5 Å². The van der Waals surface area contributed by atoms with Crippen molar-refractivity contribution in [1.29, 1.82) is 0 Å². The fourth-order valence-corrected chi connectivity index (χ4v) is 4.86. The number of benzene rings is 3. The molecule has 0 unspecified atom stereocenters. The molecule has 0 aromatic heterocycles. The number of hydrogen-bond acceptors (Lipinski definition) is 3. The minimum atomic E-state index is -0.258. The Morgan fingerprint density at radius 1 is 1.03 bits per heavy atom. The molecule has 0 N–H and O–H groups in total. The number of carbonyl (C=O) groups excluding carboxylic acids is 2. The number of amides is 2. The molecular weight excluding hydrogens is 459 g/mol. The summed E-state index contributed by atoms with van der Waals surface area (Å²) in [6.45, 7) is 3.37. The molecule has 4 rings (SSSR count). The summed E-state index contributed by atoms with van der Waals surface area (Å²) in [4.78, 5) is 29.5. The molecule has 0 bridgehead atoms. The molecule has 7 heteroatoms. The van der Waals surface area contributed by atoms with Crippen molar-refractivity contribution < 1.29 is 14.3 Å². The van der Waals surface area contributed by atoms with Crippen LogP contribution in [0.5, 0.6) is 5.75 Å². The summed E-state index contributed by atoms with van der Waals surface area (Å²) >= 11 is 12.2. The number of rotatable bonds is 5. The standard InChI is InChI=1S/C26H24Cl2N2O3/c1-17-14-24(21-10-6-7-11-23(21)29(17)18(2)31)30(20-8-4-3-5-9-20)26(32)16-33-25-13-12-19(27)15-22(25)28/h3-13,15,17,24H,14,16H2,1-2H3/t17-,24-/m1/s1. The van der Waals surface area contributed by atoms with Gasteiger partial charge in [-0.05, 0) is 55.3 Å². The Morgan fingerprint density at radius 3 is 2.42 bits per heavy atom. The van der Waals surface area contributed by atoms with Crippen LogP contribution in [0.3, 0.4) is 0 Å². The minimum absolute atomic E-state index is 0.0216. The molecule has 170 valence electrons. The molecular formula is C26H24Cl2N2O3. The highest BCUT2D eigenvalue weighted by Crippen LogP contribution is 2.42. The lowest BCUT2D eigenvalue weighted by atomic mass is 9.90. The number of hydrogen-bond donors (Lipinski definition) is 0. The molecule has 0 saturated heterocycles. The van der Waals surface area contributed by atoms with Crippen LogP contribution >= 0.6 is 23.2 Å². The van der Waals surface area contributed by atoms with Crippen LogP contribution < -0.4 is 14.5 Å². The molecule has 33 heavy (non-hydrogen) atoms. The average Bonchev–Trinajstić information content (AvgIpc) is 2.79. The zero-order chi connectivity index (χ0) is 23.5. The van der Waals surface area contributed by atoms with Crippen molar-refractivity contribution in [3.8, 4) is 5.75 Å². The first-order valence-corrected chi connectivity index (χ1v) is 11.5. The number of carbonyl (C=O) groups is 2. The zero-order valence-corrected chi connectivity index (χ0v) is 19.9. The van der Waals surface area contributed by atoms with E-state index in [0.29, 0.717) is 22.2 Å². The van der Waals surface area contributed by atoms with Crippen molar-refractivity contribution >= 4 is 46.4 Å². The van der Waals surface area contributed by atoms with Crippen molar-refractivity contribution in [3.05, 3.63) is 88.4 Å². The molecule has 2 atom stereocenters. The van der Waals surface area contributed by atoms with Crippen LogP contribution in [-0.2, 0) is 9.59 Å². The van der Waals surface area contributed by atoms with Gasteiger partial charge in [0.2, 0.25) is 5.91 Å². The summed E-state index contributed by atoms with van der Waals surface area (Å²) in [5.74, 6) is 0.157. The van der Waals surface area contributed by atoms with Crippen molar-refractivity contribution in [2.45, 2.75) is 32.4 Å². The van der Waals surface area contributed by atoms with Crippen LogP contribution in [0.2, 0.25) is 10.0 Å². The molecule has 1 heterocycles. The van der Waals surface area contributed by atoms with E-state index in [-0.39, 0.29) is 30.5 Å². The van der Waals surface area contributed by atoms with E-state index in [1.165, 1.54) is 0 Å². The summed E-state index contributed by atoms with van der Waals surface area (Å²) in [6.07, 6.45) is 0.596. The molecule has 1 aliphatic rings. The summed E-state index contributed by atoms with van der Waals surface area (Å²) in [5, 5.41) is 0.836. The summed E-state index contributed by atoms with van der Waals surface area (Å²) in [5.41, 5.74) is 2.51. The number of anilines is 2. The van der Waals surface area contributed by atoms with Gasteiger partial charge in [-0.1, -0.05) is 59.6 Å². The first-order valence-electron chi connectivity index (χ1n) is 10.7. The van der Waals surface area contributed by atoms with E-state index in [2.05, 4.69) is 0 Å². The fraction of sp³-hybridized carbons (Fsp3) is 0.231. The lowest BCUT2D eigenvalue weighted by molar-refractivity contribution is -0.121. The number of ether oxygens (including phenoxy) is 1. The SMILES string of the molecule is CC(=O)N1c2ccccc2[C@H](N(C(=O)COc2ccc(Cl)cc2Cl)c2ccccc2)C[C@H]1C. The van der Waals surface area contributed by atoms with Crippen molar-refractivity contribution in [1.82, 2.24) is 0 Å². The molecule has 3 aromatic rings. The summed E-state index contributed by atoms with van der Waals surface area (Å²) in [6, 6.07) is 21.8. The van der Waals surface area contributed by atoms with Gasteiger partial charge >= 0.3 is 0 Å². The van der Waals surface area contributed by atoms with Gasteiger partial charge in [0, 0.05) is 29.4 Å². The van der Waals surface area contributed by atoms with E-state index in [1.54, 1.807) is 34.9 Å². The van der Waals surface area contributed by atoms with Gasteiger partial charge in [-0.15, -0.1) is 0 Å². The summed E-state index contributed by atoms with van der Waals surface area (Å²) < 4.78 is 5.77. The Hall–Kier alpha value is -3.02. The smallest absolute Gasteiger partial charge is 0.265 e. The zero-order valence-electron chi connectivity index (χ0n) is 18.4. The van der Waals surface area contributed by atoms with Gasteiger partial charge in [-0.3, -0.25) is 9.59 Å². The number of nitrogens with zero attached hydrogens (tertiary/aromatic N) is 2. The number of para-hydroxylation sites is 2. The van der Waals surface area contributed by atoms with Crippen LogP contribution in [0.1, 0.15) is 31.9 Å². The lowest BCUT2D eigenvalue weighted by Gasteiger charge is -2.43. The Bertz CT molecular complexity index is 1170. The first-order chi connectivity index (χ1) is 15.9. The van der Waals surface area contributed by atoms with Gasteiger partial charge in [0.15, 0.2) is 6.61 Å². The third-order valence-electron chi connectivity index (χ3n) is 5.76. The fourth-order valence-electron chi connectivity index (χ4n) is 4.39. The van der Waals surface area contributed by atoms with Gasteiger partial charge in [0.1, 0.15) is 5.75 Å². The molecule has 1 aliphatic heterocycles. The van der Waals surface area contributed by atoms with Crippen molar-refractivity contribution in [3.63, 3.8) is 0 Å². The van der Waals surface area contributed by atoms with E-state index in [4.69, 9.17) is 27.9 Å². The van der Waals surface area contributed by atoms with Gasteiger partial charge in [-0.2, -0.15) is 0 Å². The molecule has 0 radical (unpaired) electrons. The molecule has 2 amide bonds. The highest BCUT2D eigenvalue weighted by molar-refractivity contribution is 6.35. The third-order valence-corrected chi connectivity index (χ3v) is 6.29. The van der Waals surface area contributed by atoms with Crippen LogP contribution in [0.4, 0.5) is 11.4 Å². The maximum atomic E-state index is 13.6. The second-order valence-electron chi connectivity index (χ2n) is 8.01. The number of fused-ring (bicyclic) bond motifs is 1. The maximum Gasteiger partial charge on any atom is 0.265 e. The van der Waals surface area contributed by atoms with Gasteiger partial charge in [-0.25, -0.2) is 0 Å². The first kappa shape index (κ1) is 23.1. The second-order valence-corrected chi connectivity index (χ2v) is 8.85. The Labute approximate surface area is 203 Å². The Kier molecular flexibility index (Phi) is 6.91. The maximum absolute atomic E-state index is 13.6. The Morgan fingerprint density at radius 2 is 1.73 bits per heavy atom. The van der Waals surface area contributed by atoms with E-state index in [0.717, 1.165) is 16.9 Å². The van der Waals surface area contributed by atoms with Crippen LogP contribution in [0, 0.1) is 0 Å². The molecule has 0 aliphatic carbocycles. The lowest BCUT2D eigenvalue weighted by Crippen LogP contribution is -2.48. The normalized spacial score (nSPS) is 17.3. The van der Waals surface area contributed by atoms with Crippen molar-refractivity contribution in [2.75, 3.05) is 16.4 Å². The number of halogens is 2. The van der Waals surface area contributed by atoms with Crippen LogP contribution in [0.25, 0.3) is 0 Å². The second kappa shape index (κ2) is 9.86. The Balaban J connectivity index is 1.70. The molecule has 3 aromatic carbocycles. The molecule has 0 fully saturated rings. The minimum Gasteiger partial charge on any atom is -0.482 e.